The van der Waals surface area contributed by atoms with Crippen molar-refractivity contribution in [3.05, 3.63) is 42.1 Å². The van der Waals surface area contributed by atoms with Crippen LogP contribution in [0.1, 0.15) is 25.5 Å². The van der Waals surface area contributed by atoms with E-state index in [4.69, 9.17) is 23.2 Å². The molecule has 0 aliphatic carbocycles. The van der Waals surface area contributed by atoms with Crippen LogP contribution >= 0.6 is 61.7 Å². The van der Waals surface area contributed by atoms with E-state index in [0.29, 0.717) is 16.0 Å². The van der Waals surface area contributed by atoms with E-state index in [2.05, 4.69) is 62.3 Å². The highest BCUT2D eigenvalue weighted by Gasteiger charge is 2.16. The Kier molecular flexibility index (Phi) is 5.09. The average molecular weight is 472 g/mol. The molecule has 0 radical (unpaired) electrons. The second-order valence-corrected chi connectivity index (χ2v) is 7.08. The molecular formula is C13H10BrCl2IN2. The van der Waals surface area contributed by atoms with Gasteiger partial charge in [-0.05, 0) is 46.7 Å². The summed E-state index contributed by atoms with van der Waals surface area (Å²) in [6.45, 7) is 4.15. The van der Waals surface area contributed by atoms with Crippen LogP contribution in [0.3, 0.4) is 0 Å². The Bertz CT molecular complexity index is 632. The van der Waals surface area contributed by atoms with Gasteiger partial charge in [-0.15, -0.1) is 0 Å². The maximum Gasteiger partial charge on any atom is 0.162 e. The molecule has 2 aromatic rings. The van der Waals surface area contributed by atoms with Crippen molar-refractivity contribution in [2.24, 2.45) is 0 Å². The van der Waals surface area contributed by atoms with Gasteiger partial charge in [0.1, 0.15) is 5.15 Å². The third-order valence-corrected chi connectivity index (χ3v) is 5.03. The average Bonchev–Trinajstić information content (AvgIpc) is 2.35. The Labute approximate surface area is 144 Å². The van der Waals surface area contributed by atoms with Gasteiger partial charge >= 0.3 is 0 Å². The summed E-state index contributed by atoms with van der Waals surface area (Å²) in [5.41, 5.74) is 1.71. The molecule has 0 saturated heterocycles. The van der Waals surface area contributed by atoms with Crippen molar-refractivity contribution in [1.29, 1.82) is 0 Å². The number of rotatable bonds is 2. The summed E-state index contributed by atoms with van der Waals surface area (Å²) in [5.74, 6) is 0.831. The Morgan fingerprint density at radius 3 is 2.53 bits per heavy atom. The predicted octanol–water partition coefficient (Wildman–Crippen LogP) is 5.94. The van der Waals surface area contributed by atoms with Gasteiger partial charge in [-0.25, -0.2) is 9.97 Å². The lowest BCUT2D eigenvalue weighted by molar-refractivity contribution is 0.808. The molecule has 2 nitrogen and oxygen atoms in total. The Balaban J connectivity index is 2.66. The number of hydrogen-bond donors (Lipinski definition) is 0. The minimum Gasteiger partial charge on any atom is -0.232 e. The second-order valence-electron chi connectivity index (χ2n) is 4.32. The largest absolute Gasteiger partial charge is 0.232 e. The van der Waals surface area contributed by atoms with Crippen molar-refractivity contribution in [3.8, 4) is 11.4 Å². The van der Waals surface area contributed by atoms with E-state index >= 15 is 0 Å². The molecule has 0 fully saturated rings. The molecule has 0 spiro atoms. The van der Waals surface area contributed by atoms with Crippen molar-refractivity contribution in [2.75, 3.05) is 0 Å². The van der Waals surface area contributed by atoms with Gasteiger partial charge in [0, 0.05) is 10.0 Å². The molecule has 100 valence electrons. The monoisotopic (exact) mass is 470 g/mol. The smallest absolute Gasteiger partial charge is 0.162 e. The number of halogens is 4. The lowest BCUT2D eigenvalue weighted by atomic mass is 10.1. The quantitative estimate of drug-likeness (QED) is 0.400. The summed E-state index contributed by atoms with van der Waals surface area (Å²) in [6.07, 6.45) is 0. The first-order chi connectivity index (χ1) is 8.90. The minimum atomic E-state index is 0.275. The molecular weight excluding hydrogens is 462 g/mol. The molecule has 19 heavy (non-hydrogen) atoms. The molecule has 0 aliphatic heterocycles. The zero-order chi connectivity index (χ0) is 14.2. The summed E-state index contributed by atoms with van der Waals surface area (Å²) in [7, 11) is 0. The van der Waals surface area contributed by atoms with Crippen molar-refractivity contribution in [3.63, 3.8) is 0 Å². The maximum absolute atomic E-state index is 6.21. The molecule has 0 N–H and O–H groups in total. The normalized spacial score (nSPS) is 11.1. The molecule has 0 unspecified atom stereocenters. The SMILES string of the molecule is CC(C)c1nc(-c2cc(Br)ccc2Cl)nc(Cl)c1I. The highest BCUT2D eigenvalue weighted by Crippen LogP contribution is 2.32. The van der Waals surface area contributed by atoms with Gasteiger partial charge < -0.3 is 0 Å². The second kappa shape index (κ2) is 6.24. The van der Waals surface area contributed by atoms with Crippen LogP contribution in [0.4, 0.5) is 0 Å². The van der Waals surface area contributed by atoms with E-state index in [9.17, 15) is 0 Å². The lowest BCUT2D eigenvalue weighted by Crippen LogP contribution is -2.02. The van der Waals surface area contributed by atoms with Crippen molar-refractivity contribution < 1.29 is 0 Å². The Morgan fingerprint density at radius 1 is 1.21 bits per heavy atom. The fraction of sp³-hybridized carbons (Fsp3) is 0.231. The first-order valence-electron chi connectivity index (χ1n) is 5.58. The van der Waals surface area contributed by atoms with Gasteiger partial charge in [-0.1, -0.05) is 53.0 Å². The number of hydrogen-bond acceptors (Lipinski definition) is 2. The third kappa shape index (κ3) is 3.40. The van der Waals surface area contributed by atoms with Crippen LogP contribution in [0.2, 0.25) is 10.2 Å². The lowest BCUT2D eigenvalue weighted by Gasteiger charge is -2.11. The highest BCUT2D eigenvalue weighted by molar-refractivity contribution is 14.1. The van der Waals surface area contributed by atoms with Crippen LogP contribution < -0.4 is 0 Å². The van der Waals surface area contributed by atoms with Crippen LogP contribution in [0, 0.1) is 3.57 Å². The third-order valence-electron chi connectivity index (χ3n) is 2.55. The van der Waals surface area contributed by atoms with Gasteiger partial charge in [0.05, 0.1) is 14.3 Å². The van der Waals surface area contributed by atoms with Crippen LogP contribution in [0.15, 0.2) is 22.7 Å². The zero-order valence-electron chi connectivity index (χ0n) is 10.2. The fourth-order valence-corrected chi connectivity index (χ4v) is 3.21. The summed E-state index contributed by atoms with van der Waals surface area (Å²) in [5, 5.41) is 1.07. The summed E-state index contributed by atoms with van der Waals surface area (Å²) in [4.78, 5) is 8.93. The minimum absolute atomic E-state index is 0.275. The molecule has 0 atom stereocenters. The van der Waals surface area contributed by atoms with Gasteiger partial charge in [-0.2, -0.15) is 0 Å². The highest BCUT2D eigenvalue weighted by atomic mass is 127. The molecule has 6 heteroatoms. The van der Waals surface area contributed by atoms with E-state index in [0.717, 1.165) is 19.3 Å². The number of aromatic nitrogens is 2. The van der Waals surface area contributed by atoms with E-state index in [1.54, 1.807) is 0 Å². The van der Waals surface area contributed by atoms with E-state index in [-0.39, 0.29) is 5.92 Å². The van der Waals surface area contributed by atoms with Gasteiger partial charge in [-0.3, -0.25) is 0 Å². The van der Waals surface area contributed by atoms with Crippen molar-refractivity contribution in [1.82, 2.24) is 9.97 Å². The molecule has 1 aromatic carbocycles. The number of nitrogens with zero attached hydrogens (tertiary/aromatic N) is 2. The fourth-order valence-electron chi connectivity index (χ4n) is 1.61. The first kappa shape index (κ1) is 15.5. The zero-order valence-corrected chi connectivity index (χ0v) is 15.5. The van der Waals surface area contributed by atoms with Gasteiger partial charge in [0.25, 0.3) is 0 Å². The van der Waals surface area contributed by atoms with Crippen molar-refractivity contribution >= 4 is 61.7 Å². The van der Waals surface area contributed by atoms with Crippen LogP contribution in [0.5, 0.6) is 0 Å². The molecule has 1 aromatic heterocycles. The molecule has 0 saturated carbocycles. The predicted molar refractivity (Wildman–Crippen MR) is 92.0 cm³/mol. The Morgan fingerprint density at radius 2 is 1.89 bits per heavy atom. The van der Waals surface area contributed by atoms with Gasteiger partial charge in [0.2, 0.25) is 0 Å². The number of benzene rings is 1. The van der Waals surface area contributed by atoms with Crippen molar-refractivity contribution in [2.45, 2.75) is 19.8 Å². The van der Waals surface area contributed by atoms with E-state index in [1.165, 1.54) is 0 Å². The van der Waals surface area contributed by atoms with Crippen LogP contribution in [0.25, 0.3) is 11.4 Å². The summed E-state index contributed by atoms with van der Waals surface area (Å²) < 4.78 is 1.82. The Hall–Kier alpha value is 0.0900. The molecule has 0 bridgehead atoms. The van der Waals surface area contributed by atoms with E-state index in [1.807, 2.05) is 18.2 Å². The summed E-state index contributed by atoms with van der Waals surface area (Å²) >= 11 is 18.0. The molecule has 0 amide bonds. The maximum atomic E-state index is 6.21. The van der Waals surface area contributed by atoms with Crippen LogP contribution in [-0.2, 0) is 0 Å². The summed E-state index contributed by atoms with van der Waals surface area (Å²) in [6, 6.07) is 5.58. The van der Waals surface area contributed by atoms with Gasteiger partial charge in [0.15, 0.2) is 5.82 Å². The first-order valence-corrected chi connectivity index (χ1v) is 8.21. The standard InChI is InChI=1S/C13H10BrCl2IN2/c1-6(2)11-10(17)12(16)19-13(18-11)8-5-7(14)3-4-9(8)15/h3-6H,1-2H3. The molecule has 1 heterocycles. The van der Waals surface area contributed by atoms with Crippen LogP contribution in [-0.4, -0.2) is 9.97 Å². The van der Waals surface area contributed by atoms with E-state index < -0.39 is 0 Å². The topological polar surface area (TPSA) is 25.8 Å². The molecule has 0 aliphatic rings. The molecule has 2 rings (SSSR count).